The normalized spacial score (nSPS) is 14.8. The molecule has 0 aliphatic heterocycles. The molecule has 7 heteroatoms. The van der Waals surface area contributed by atoms with Gasteiger partial charge >= 0.3 is 0 Å². The molecule has 2 aromatic heterocycles. The van der Waals surface area contributed by atoms with E-state index in [0.717, 1.165) is 33.9 Å². The standard InChI is InChI=1S/C24H21FN4OS/c1-29-14-13-26-21(29)20-19(16-7-3-2-4-8-16)27-23(31-20)28-22(30)24(11-6-12-24)17-9-5-10-18(25)15-17/h2-5,7-10,13-15H,6,11-12H2,1H3,(H,27,28,30). The molecule has 0 spiro atoms. The predicted octanol–water partition coefficient (Wildman–Crippen LogP) is 5.41. The minimum absolute atomic E-state index is 0.135. The molecule has 0 saturated heterocycles. The number of carbonyl (C=O) groups excluding carboxylic acids is 1. The van der Waals surface area contributed by atoms with Crippen LogP contribution in [-0.4, -0.2) is 20.4 Å². The van der Waals surface area contributed by atoms with E-state index in [1.165, 1.54) is 23.5 Å². The van der Waals surface area contributed by atoms with Crippen LogP contribution in [0.5, 0.6) is 0 Å². The summed E-state index contributed by atoms with van der Waals surface area (Å²) in [7, 11) is 1.93. The Morgan fingerprint density at radius 1 is 1.16 bits per heavy atom. The first-order valence-corrected chi connectivity index (χ1v) is 11.0. The van der Waals surface area contributed by atoms with Crippen LogP contribution in [-0.2, 0) is 17.3 Å². The van der Waals surface area contributed by atoms with Crippen molar-refractivity contribution >= 4 is 22.4 Å². The Morgan fingerprint density at radius 2 is 1.97 bits per heavy atom. The topological polar surface area (TPSA) is 59.8 Å². The molecule has 1 aliphatic rings. The van der Waals surface area contributed by atoms with Crippen LogP contribution in [0, 0.1) is 5.82 Å². The number of nitrogens with one attached hydrogen (secondary N) is 1. The fourth-order valence-corrected chi connectivity index (χ4v) is 5.10. The van der Waals surface area contributed by atoms with E-state index in [1.54, 1.807) is 12.3 Å². The molecule has 1 saturated carbocycles. The minimum atomic E-state index is -0.704. The molecule has 2 aromatic carbocycles. The number of aromatic nitrogens is 3. The van der Waals surface area contributed by atoms with Crippen molar-refractivity contribution in [1.82, 2.24) is 14.5 Å². The van der Waals surface area contributed by atoms with E-state index in [1.807, 2.05) is 54.2 Å². The summed E-state index contributed by atoms with van der Waals surface area (Å²) in [6, 6.07) is 16.2. The highest BCUT2D eigenvalue weighted by Crippen LogP contribution is 2.46. The van der Waals surface area contributed by atoms with Crippen LogP contribution in [0.4, 0.5) is 9.52 Å². The number of anilines is 1. The Labute approximate surface area is 183 Å². The Hall–Kier alpha value is -3.32. The summed E-state index contributed by atoms with van der Waals surface area (Å²) < 4.78 is 15.8. The minimum Gasteiger partial charge on any atom is -0.333 e. The van der Waals surface area contributed by atoms with Crippen LogP contribution >= 0.6 is 11.3 Å². The predicted molar refractivity (Wildman–Crippen MR) is 120 cm³/mol. The Morgan fingerprint density at radius 3 is 2.61 bits per heavy atom. The molecule has 156 valence electrons. The van der Waals surface area contributed by atoms with Gasteiger partial charge in [0.15, 0.2) is 11.0 Å². The van der Waals surface area contributed by atoms with E-state index in [9.17, 15) is 9.18 Å². The van der Waals surface area contributed by atoms with Crippen molar-refractivity contribution in [2.24, 2.45) is 7.05 Å². The van der Waals surface area contributed by atoms with Gasteiger partial charge in [-0.1, -0.05) is 60.2 Å². The smallest absolute Gasteiger partial charge is 0.236 e. The molecular formula is C24H21FN4OS. The molecule has 0 bridgehead atoms. The number of rotatable bonds is 5. The zero-order valence-electron chi connectivity index (χ0n) is 17.0. The van der Waals surface area contributed by atoms with Gasteiger partial charge in [0.25, 0.3) is 0 Å². The lowest BCUT2D eigenvalue weighted by Crippen LogP contribution is -2.46. The Bertz CT molecular complexity index is 1240. The molecule has 1 N–H and O–H groups in total. The van der Waals surface area contributed by atoms with E-state index in [2.05, 4.69) is 10.3 Å². The lowest BCUT2D eigenvalue weighted by molar-refractivity contribution is -0.124. The van der Waals surface area contributed by atoms with Gasteiger partial charge in [-0.05, 0) is 30.5 Å². The van der Waals surface area contributed by atoms with Crippen molar-refractivity contribution in [2.45, 2.75) is 24.7 Å². The van der Waals surface area contributed by atoms with Crippen molar-refractivity contribution in [1.29, 1.82) is 0 Å². The van der Waals surface area contributed by atoms with Gasteiger partial charge in [0.2, 0.25) is 5.91 Å². The average molecular weight is 433 g/mol. The summed E-state index contributed by atoms with van der Waals surface area (Å²) in [6.45, 7) is 0. The number of nitrogens with zero attached hydrogens (tertiary/aromatic N) is 3. The van der Waals surface area contributed by atoms with E-state index in [4.69, 9.17) is 4.98 Å². The lowest BCUT2D eigenvalue weighted by atomic mass is 9.64. The largest absolute Gasteiger partial charge is 0.333 e. The molecule has 1 aliphatic carbocycles. The molecule has 0 atom stereocenters. The number of aryl methyl sites for hydroxylation is 1. The third-order valence-electron chi connectivity index (χ3n) is 5.94. The second-order valence-electron chi connectivity index (χ2n) is 7.82. The van der Waals surface area contributed by atoms with Gasteiger partial charge < -0.3 is 9.88 Å². The number of hydrogen-bond donors (Lipinski definition) is 1. The summed E-state index contributed by atoms with van der Waals surface area (Å²) in [5, 5.41) is 3.54. The number of carbonyl (C=O) groups is 1. The first-order valence-electron chi connectivity index (χ1n) is 10.2. The molecule has 1 amide bonds. The summed E-state index contributed by atoms with van der Waals surface area (Å²) >= 11 is 1.40. The van der Waals surface area contributed by atoms with Gasteiger partial charge in [-0.25, -0.2) is 14.4 Å². The quantitative estimate of drug-likeness (QED) is 0.459. The maximum Gasteiger partial charge on any atom is 0.236 e. The van der Waals surface area contributed by atoms with Gasteiger partial charge in [0.05, 0.1) is 16.0 Å². The highest BCUT2D eigenvalue weighted by molar-refractivity contribution is 7.19. The Kier molecular flexibility index (Phi) is 4.90. The highest BCUT2D eigenvalue weighted by Gasteiger charge is 2.46. The number of imidazole rings is 1. The maximum absolute atomic E-state index is 13.8. The van der Waals surface area contributed by atoms with E-state index < -0.39 is 5.41 Å². The lowest BCUT2D eigenvalue weighted by Gasteiger charge is -2.40. The van der Waals surface area contributed by atoms with Crippen molar-refractivity contribution in [3.05, 3.63) is 78.4 Å². The first kappa shape index (κ1) is 19.6. The molecule has 5 rings (SSSR count). The van der Waals surface area contributed by atoms with Crippen molar-refractivity contribution in [3.63, 3.8) is 0 Å². The van der Waals surface area contributed by atoms with Crippen molar-refractivity contribution < 1.29 is 9.18 Å². The maximum atomic E-state index is 13.8. The molecule has 0 radical (unpaired) electrons. The molecule has 4 aromatic rings. The second-order valence-corrected chi connectivity index (χ2v) is 8.82. The highest BCUT2D eigenvalue weighted by atomic mass is 32.1. The number of amides is 1. The fraction of sp³-hybridized carbons (Fsp3) is 0.208. The van der Waals surface area contributed by atoms with Crippen molar-refractivity contribution in [3.8, 4) is 22.0 Å². The molecular weight excluding hydrogens is 411 g/mol. The van der Waals surface area contributed by atoms with E-state index in [0.29, 0.717) is 18.0 Å². The number of hydrogen-bond acceptors (Lipinski definition) is 4. The molecule has 31 heavy (non-hydrogen) atoms. The summed E-state index contributed by atoms with van der Waals surface area (Å²) in [6.07, 6.45) is 5.97. The average Bonchev–Trinajstić information content (AvgIpc) is 3.33. The van der Waals surface area contributed by atoms with Crippen LogP contribution in [0.15, 0.2) is 67.0 Å². The van der Waals surface area contributed by atoms with Crippen LogP contribution in [0.25, 0.3) is 22.0 Å². The molecule has 5 nitrogen and oxygen atoms in total. The van der Waals surface area contributed by atoms with Gasteiger partial charge in [0, 0.05) is 25.0 Å². The van der Waals surface area contributed by atoms with Gasteiger partial charge in [-0.15, -0.1) is 0 Å². The fourth-order valence-electron chi connectivity index (χ4n) is 4.08. The van der Waals surface area contributed by atoms with Crippen LogP contribution in [0.3, 0.4) is 0 Å². The first-order chi connectivity index (χ1) is 15.1. The SMILES string of the molecule is Cn1ccnc1-c1sc(NC(=O)C2(c3cccc(F)c3)CCC2)nc1-c1ccccc1. The van der Waals surface area contributed by atoms with Crippen LogP contribution < -0.4 is 5.32 Å². The summed E-state index contributed by atoms with van der Waals surface area (Å²) in [5.74, 6) is 0.332. The monoisotopic (exact) mass is 432 g/mol. The van der Waals surface area contributed by atoms with Gasteiger partial charge in [-0.3, -0.25) is 4.79 Å². The third kappa shape index (κ3) is 3.45. The second kappa shape index (κ2) is 7.74. The van der Waals surface area contributed by atoms with E-state index in [-0.39, 0.29) is 11.7 Å². The van der Waals surface area contributed by atoms with Gasteiger partial charge in [0.1, 0.15) is 5.82 Å². The molecule has 0 unspecified atom stereocenters. The number of thiazole rings is 1. The van der Waals surface area contributed by atoms with Gasteiger partial charge in [-0.2, -0.15) is 0 Å². The third-order valence-corrected chi connectivity index (χ3v) is 6.90. The summed E-state index contributed by atoms with van der Waals surface area (Å²) in [5.41, 5.74) is 1.76. The zero-order chi connectivity index (χ0) is 21.4. The van der Waals surface area contributed by atoms with Crippen LogP contribution in [0.1, 0.15) is 24.8 Å². The Balaban J connectivity index is 1.52. The van der Waals surface area contributed by atoms with Crippen molar-refractivity contribution in [2.75, 3.05) is 5.32 Å². The molecule has 1 fully saturated rings. The number of halogens is 1. The van der Waals surface area contributed by atoms with Crippen LogP contribution in [0.2, 0.25) is 0 Å². The zero-order valence-corrected chi connectivity index (χ0v) is 17.8. The molecule has 2 heterocycles. The van der Waals surface area contributed by atoms with E-state index >= 15 is 0 Å². The summed E-state index contributed by atoms with van der Waals surface area (Å²) in [4.78, 5) is 23.5. The number of benzene rings is 2.